The maximum absolute atomic E-state index is 9.85. The molecule has 0 aromatic heterocycles. The summed E-state index contributed by atoms with van der Waals surface area (Å²) in [7, 11) is 0. The van der Waals surface area contributed by atoms with E-state index in [0.29, 0.717) is 18.7 Å². The van der Waals surface area contributed by atoms with Gasteiger partial charge in [0, 0.05) is 23.7 Å². The fourth-order valence-corrected chi connectivity index (χ4v) is 4.41. The summed E-state index contributed by atoms with van der Waals surface area (Å²) in [5, 5.41) is 13.6. The van der Waals surface area contributed by atoms with Crippen LogP contribution in [0.25, 0.3) is 0 Å². The Morgan fingerprint density at radius 3 is 2.42 bits per heavy atom. The lowest BCUT2D eigenvalue weighted by Gasteiger charge is -2.35. The third kappa shape index (κ3) is 2.98. The van der Waals surface area contributed by atoms with Crippen molar-refractivity contribution in [2.24, 2.45) is 0 Å². The number of aliphatic hydroxyl groups excluding tert-OH is 1. The number of hydrogen-bond acceptors (Lipinski definition) is 3. The molecule has 0 aliphatic heterocycles. The third-order valence-electron chi connectivity index (χ3n) is 5.60. The Morgan fingerprint density at radius 1 is 1.11 bits per heavy atom. The molecule has 0 aromatic carbocycles. The van der Waals surface area contributed by atoms with Crippen LogP contribution in [0.4, 0.5) is 0 Å². The van der Waals surface area contributed by atoms with E-state index in [0.717, 1.165) is 18.9 Å². The molecule has 2 N–H and O–H groups in total. The van der Waals surface area contributed by atoms with Crippen LogP contribution < -0.4 is 5.32 Å². The van der Waals surface area contributed by atoms with Crippen LogP contribution in [0.15, 0.2) is 0 Å². The summed E-state index contributed by atoms with van der Waals surface area (Å²) in [4.78, 5) is 2.75. The maximum Gasteiger partial charge on any atom is 0.0614 e. The Labute approximate surface area is 117 Å². The van der Waals surface area contributed by atoms with Crippen LogP contribution in [0.2, 0.25) is 0 Å². The molecule has 3 heteroatoms. The van der Waals surface area contributed by atoms with Gasteiger partial charge in [-0.2, -0.15) is 0 Å². The van der Waals surface area contributed by atoms with Crippen LogP contribution in [0.5, 0.6) is 0 Å². The fourth-order valence-electron chi connectivity index (χ4n) is 4.41. The van der Waals surface area contributed by atoms with E-state index >= 15 is 0 Å². The zero-order valence-corrected chi connectivity index (χ0v) is 12.4. The van der Waals surface area contributed by atoms with Gasteiger partial charge in [-0.3, -0.25) is 4.90 Å². The molecule has 0 aromatic rings. The van der Waals surface area contributed by atoms with Gasteiger partial charge in [-0.05, 0) is 51.5 Å². The van der Waals surface area contributed by atoms with E-state index in [9.17, 15) is 5.11 Å². The lowest BCUT2D eigenvalue weighted by atomic mass is 9.97. The lowest BCUT2D eigenvalue weighted by molar-refractivity contribution is 0.118. The predicted octanol–water partition coefficient (Wildman–Crippen LogP) is 2.29. The molecule has 3 aliphatic carbocycles. The van der Waals surface area contributed by atoms with Gasteiger partial charge in [-0.15, -0.1) is 0 Å². The number of rotatable bonds is 6. The SMILES string of the molecule is CCN(C1CCCC1)C1CCC(CO)(NC2CC2)C1. The van der Waals surface area contributed by atoms with Crippen LogP contribution in [-0.2, 0) is 0 Å². The molecule has 2 unspecified atom stereocenters. The first kappa shape index (κ1) is 13.8. The maximum atomic E-state index is 9.85. The minimum atomic E-state index is 0.0395. The minimum Gasteiger partial charge on any atom is -0.394 e. The van der Waals surface area contributed by atoms with Gasteiger partial charge < -0.3 is 10.4 Å². The molecule has 0 radical (unpaired) electrons. The molecule has 110 valence electrons. The summed E-state index contributed by atoms with van der Waals surface area (Å²) >= 11 is 0. The smallest absolute Gasteiger partial charge is 0.0614 e. The average Bonchev–Trinajstić information content (AvgIpc) is 2.93. The summed E-state index contributed by atoms with van der Waals surface area (Å²) in [6.45, 7) is 3.81. The number of nitrogens with one attached hydrogen (secondary N) is 1. The van der Waals surface area contributed by atoms with Gasteiger partial charge in [0.2, 0.25) is 0 Å². The normalized spacial score (nSPS) is 36.5. The van der Waals surface area contributed by atoms with Gasteiger partial charge in [0.25, 0.3) is 0 Å². The summed E-state index contributed by atoms with van der Waals surface area (Å²) in [6, 6.07) is 2.23. The molecule has 0 bridgehead atoms. The zero-order valence-electron chi connectivity index (χ0n) is 12.4. The van der Waals surface area contributed by atoms with Crippen molar-refractivity contribution in [2.45, 2.75) is 88.4 Å². The van der Waals surface area contributed by atoms with E-state index in [1.54, 1.807) is 0 Å². The van der Waals surface area contributed by atoms with Crippen molar-refractivity contribution < 1.29 is 5.11 Å². The minimum absolute atomic E-state index is 0.0395. The zero-order chi connectivity index (χ0) is 13.3. The van der Waals surface area contributed by atoms with Crippen LogP contribution in [0, 0.1) is 0 Å². The standard InChI is InChI=1S/C16H30N2O/c1-2-18(14-5-3-4-6-14)15-9-10-16(11-15,12-19)17-13-7-8-13/h13-15,17,19H,2-12H2,1H3. The largest absolute Gasteiger partial charge is 0.394 e. The van der Waals surface area contributed by atoms with Crippen molar-refractivity contribution in [2.75, 3.05) is 13.2 Å². The van der Waals surface area contributed by atoms with Crippen molar-refractivity contribution in [3.05, 3.63) is 0 Å². The van der Waals surface area contributed by atoms with Gasteiger partial charge in [0.05, 0.1) is 6.61 Å². The third-order valence-corrected chi connectivity index (χ3v) is 5.60. The summed E-state index contributed by atoms with van der Waals surface area (Å²) in [5.74, 6) is 0. The first-order valence-electron chi connectivity index (χ1n) is 8.40. The fraction of sp³-hybridized carbons (Fsp3) is 1.00. The summed E-state index contributed by atoms with van der Waals surface area (Å²) < 4.78 is 0. The topological polar surface area (TPSA) is 35.5 Å². The van der Waals surface area contributed by atoms with Crippen LogP contribution in [0.1, 0.15) is 64.7 Å². The van der Waals surface area contributed by atoms with Gasteiger partial charge in [-0.25, -0.2) is 0 Å². The van der Waals surface area contributed by atoms with E-state index in [-0.39, 0.29) is 5.54 Å². The molecule has 2 atom stereocenters. The molecule has 3 aliphatic rings. The van der Waals surface area contributed by atoms with Gasteiger partial charge >= 0.3 is 0 Å². The lowest BCUT2D eigenvalue weighted by Crippen LogP contribution is -2.50. The second kappa shape index (κ2) is 5.71. The molecule has 3 fully saturated rings. The first-order valence-corrected chi connectivity index (χ1v) is 8.40. The number of nitrogens with zero attached hydrogens (tertiary/aromatic N) is 1. The molecular weight excluding hydrogens is 236 g/mol. The van der Waals surface area contributed by atoms with Gasteiger partial charge in [0.15, 0.2) is 0 Å². The molecule has 19 heavy (non-hydrogen) atoms. The molecule has 3 nitrogen and oxygen atoms in total. The van der Waals surface area contributed by atoms with E-state index in [4.69, 9.17) is 0 Å². The molecule has 0 amide bonds. The van der Waals surface area contributed by atoms with E-state index in [1.807, 2.05) is 0 Å². The van der Waals surface area contributed by atoms with Gasteiger partial charge in [0.1, 0.15) is 0 Å². The van der Waals surface area contributed by atoms with Gasteiger partial charge in [-0.1, -0.05) is 19.8 Å². The Bertz CT molecular complexity index is 299. The van der Waals surface area contributed by atoms with E-state index < -0.39 is 0 Å². The number of aliphatic hydroxyl groups is 1. The van der Waals surface area contributed by atoms with Crippen molar-refractivity contribution in [3.63, 3.8) is 0 Å². The highest BCUT2D eigenvalue weighted by Crippen LogP contribution is 2.38. The highest BCUT2D eigenvalue weighted by atomic mass is 16.3. The van der Waals surface area contributed by atoms with Crippen molar-refractivity contribution in [1.29, 1.82) is 0 Å². The van der Waals surface area contributed by atoms with Crippen LogP contribution in [0.3, 0.4) is 0 Å². The van der Waals surface area contributed by atoms with Crippen molar-refractivity contribution >= 4 is 0 Å². The molecule has 3 rings (SSSR count). The van der Waals surface area contributed by atoms with E-state index in [2.05, 4.69) is 17.1 Å². The summed E-state index contributed by atoms with van der Waals surface area (Å²) in [5.41, 5.74) is 0.0395. The van der Waals surface area contributed by atoms with Crippen LogP contribution >= 0.6 is 0 Å². The monoisotopic (exact) mass is 266 g/mol. The second-order valence-electron chi connectivity index (χ2n) is 7.02. The van der Waals surface area contributed by atoms with Crippen molar-refractivity contribution in [1.82, 2.24) is 10.2 Å². The number of hydrogen-bond donors (Lipinski definition) is 2. The van der Waals surface area contributed by atoms with Crippen LogP contribution in [-0.4, -0.2) is 46.8 Å². The van der Waals surface area contributed by atoms with E-state index in [1.165, 1.54) is 51.5 Å². The Morgan fingerprint density at radius 2 is 1.84 bits per heavy atom. The predicted molar refractivity (Wildman–Crippen MR) is 78.2 cm³/mol. The Hall–Kier alpha value is -0.120. The molecule has 3 saturated carbocycles. The first-order chi connectivity index (χ1) is 9.26. The Kier molecular flexibility index (Phi) is 4.16. The highest BCUT2D eigenvalue weighted by Gasteiger charge is 2.44. The van der Waals surface area contributed by atoms with Crippen molar-refractivity contribution in [3.8, 4) is 0 Å². The molecule has 0 heterocycles. The molecule has 0 saturated heterocycles. The summed E-state index contributed by atoms with van der Waals surface area (Å²) in [6.07, 6.45) is 11.8. The second-order valence-corrected chi connectivity index (χ2v) is 7.02. The quantitative estimate of drug-likeness (QED) is 0.774. The average molecular weight is 266 g/mol. The highest BCUT2D eigenvalue weighted by molar-refractivity contribution is 5.03. The Balaban J connectivity index is 1.61. The molecular formula is C16H30N2O. The molecule has 0 spiro atoms.